The molecule has 2 heterocycles. The van der Waals surface area contributed by atoms with Gasteiger partial charge in [0.2, 0.25) is 0 Å². The van der Waals surface area contributed by atoms with Gasteiger partial charge in [-0.2, -0.15) is 0 Å². The van der Waals surface area contributed by atoms with Crippen molar-refractivity contribution in [3.63, 3.8) is 0 Å². The summed E-state index contributed by atoms with van der Waals surface area (Å²) >= 11 is 0. The van der Waals surface area contributed by atoms with Gasteiger partial charge in [0.1, 0.15) is 70.8 Å². The van der Waals surface area contributed by atoms with Gasteiger partial charge in [-0.3, -0.25) is 9.59 Å². The van der Waals surface area contributed by atoms with Crippen molar-refractivity contribution in [1.82, 2.24) is 0 Å². The molecular formula is C26H20Na2O13. The van der Waals surface area contributed by atoms with Crippen molar-refractivity contribution >= 4 is 33.9 Å². The van der Waals surface area contributed by atoms with Crippen LogP contribution in [0.15, 0.2) is 67.0 Å². The van der Waals surface area contributed by atoms with Gasteiger partial charge in [-0.1, -0.05) is 12.1 Å². The predicted molar refractivity (Wildman–Crippen MR) is 127 cm³/mol. The molecule has 0 aliphatic heterocycles. The summed E-state index contributed by atoms with van der Waals surface area (Å²) in [4.78, 5) is 46.6. The van der Waals surface area contributed by atoms with Crippen LogP contribution in [0.3, 0.4) is 0 Å². The van der Waals surface area contributed by atoms with Gasteiger partial charge in [-0.15, -0.1) is 0 Å². The molecule has 41 heavy (non-hydrogen) atoms. The summed E-state index contributed by atoms with van der Waals surface area (Å²) in [6.07, 6.45) is -2.33. The Morgan fingerprint density at radius 1 is 0.707 bits per heavy atom. The van der Waals surface area contributed by atoms with Crippen LogP contribution in [0.4, 0.5) is 0 Å². The Hall–Kier alpha value is -2.72. The smallest absolute Gasteiger partial charge is 0.542 e. The van der Waals surface area contributed by atoms with Crippen LogP contribution in [0, 0.1) is 0 Å². The van der Waals surface area contributed by atoms with Gasteiger partial charge in [0.15, 0.2) is 22.4 Å². The molecule has 0 aliphatic rings. The van der Waals surface area contributed by atoms with Crippen molar-refractivity contribution in [3.8, 4) is 11.5 Å². The van der Waals surface area contributed by atoms with E-state index >= 15 is 0 Å². The van der Waals surface area contributed by atoms with E-state index in [0.29, 0.717) is 0 Å². The molecule has 13 nitrogen and oxygen atoms in total. The SMILES string of the molecule is O=C([O-])c1cc(=O)c2c(OCC(O)COCC(O)COc3cccc4oc(C(=O)[O-])cc(=O)c34)cccc2o1.[Na+].[Na+]. The molecule has 2 N–H and O–H groups in total. The molecule has 0 spiro atoms. The number of aromatic carboxylic acids is 2. The second-order valence-electron chi connectivity index (χ2n) is 8.25. The van der Waals surface area contributed by atoms with Gasteiger partial charge in [-0.05, 0) is 24.3 Å². The van der Waals surface area contributed by atoms with Crippen molar-refractivity contribution in [2.45, 2.75) is 12.2 Å². The predicted octanol–water partition coefficient (Wildman–Crippen LogP) is -7.17. The van der Waals surface area contributed by atoms with Crippen molar-refractivity contribution in [2.75, 3.05) is 26.4 Å². The molecule has 0 aliphatic carbocycles. The number of benzene rings is 2. The van der Waals surface area contributed by atoms with Crippen LogP contribution in [0.1, 0.15) is 21.1 Å². The molecule has 2 aromatic heterocycles. The molecule has 2 atom stereocenters. The van der Waals surface area contributed by atoms with E-state index in [2.05, 4.69) is 0 Å². The van der Waals surface area contributed by atoms with E-state index in [1.165, 1.54) is 36.4 Å². The van der Waals surface area contributed by atoms with E-state index in [1.807, 2.05) is 0 Å². The topological polar surface area (TPSA) is 209 Å². The van der Waals surface area contributed by atoms with Crippen LogP contribution in [-0.2, 0) is 4.74 Å². The number of ether oxygens (including phenoxy) is 3. The number of carboxylic acid groups (broad SMARTS) is 2. The zero-order valence-electron chi connectivity index (χ0n) is 22.0. The number of carbonyl (C=O) groups excluding carboxylic acids is 2. The number of hydrogen-bond donors (Lipinski definition) is 2. The maximum absolute atomic E-state index is 12.3. The molecule has 0 bridgehead atoms. The number of aliphatic hydroxyl groups is 2. The quantitative estimate of drug-likeness (QED) is 0.148. The molecular weight excluding hydrogens is 566 g/mol. The molecule has 0 amide bonds. The van der Waals surface area contributed by atoms with Gasteiger partial charge in [0.05, 0.1) is 13.2 Å². The first-order chi connectivity index (χ1) is 18.6. The van der Waals surface area contributed by atoms with Crippen molar-refractivity contribution in [3.05, 3.63) is 80.5 Å². The van der Waals surface area contributed by atoms with Gasteiger partial charge in [0.25, 0.3) is 0 Å². The molecule has 0 fully saturated rings. The van der Waals surface area contributed by atoms with E-state index < -0.39 is 46.5 Å². The van der Waals surface area contributed by atoms with Crippen molar-refractivity contribution in [2.24, 2.45) is 0 Å². The summed E-state index contributed by atoms with van der Waals surface area (Å²) in [5.74, 6) is -4.43. The molecule has 204 valence electrons. The van der Waals surface area contributed by atoms with E-state index in [4.69, 9.17) is 23.0 Å². The first-order valence-electron chi connectivity index (χ1n) is 11.4. The monoisotopic (exact) mass is 586 g/mol. The van der Waals surface area contributed by atoms with Gasteiger partial charge in [0, 0.05) is 12.1 Å². The second kappa shape index (κ2) is 15.5. The van der Waals surface area contributed by atoms with Crippen LogP contribution in [0.5, 0.6) is 11.5 Å². The Morgan fingerprint density at radius 2 is 1.10 bits per heavy atom. The minimum atomic E-state index is -1.64. The number of fused-ring (bicyclic) bond motifs is 2. The minimum absolute atomic E-state index is 0. The van der Waals surface area contributed by atoms with Crippen LogP contribution in [0.25, 0.3) is 21.9 Å². The van der Waals surface area contributed by atoms with Crippen LogP contribution >= 0.6 is 0 Å². The fourth-order valence-electron chi connectivity index (χ4n) is 3.61. The van der Waals surface area contributed by atoms with Gasteiger partial charge in [-0.25, -0.2) is 0 Å². The first-order valence-corrected chi connectivity index (χ1v) is 11.4. The Labute approximate surface area is 274 Å². The minimum Gasteiger partial charge on any atom is -0.542 e. The van der Waals surface area contributed by atoms with E-state index in [0.717, 1.165) is 12.1 Å². The number of rotatable bonds is 12. The van der Waals surface area contributed by atoms with Crippen molar-refractivity contribution in [1.29, 1.82) is 0 Å². The fraction of sp³-hybridized carbons (Fsp3) is 0.231. The number of hydrogen-bond acceptors (Lipinski definition) is 13. The average Bonchev–Trinajstić information content (AvgIpc) is 2.90. The summed E-state index contributed by atoms with van der Waals surface area (Å²) < 4.78 is 26.5. The summed E-state index contributed by atoms with van der Waals surface area (Å²) in [5, 5.41) is 42.2. The fourth-order valence-corrected chi connectivity index (χ4v) is 3.61. The maximum atomic E-state index is 12.3. The van der Waals surface area contributed by atoms with Gasteiger partial charge < -0.3 is 53.1 Å². The third-order valence-corrected chi connectivity index (χ3v) is 5.32. The molecule has 4 aromatic rings. The number of carbonyl (C=O) groups is 2. The van der Waals surface area contributed by atoms with E-state index in [9.17, 15) is 39.6 Å². The van der Waals surface area contributed by atoms with Crippen LogP contribution in [0.2, 0.25) is 0 Å². The molecule has 0 saturated carbocycles. The van der Waals surface area contributed by atoms with E-state index in [-0.39, 0.29) is 119 Å². The Morgan fingerprint density at radius 3 is 1.46 bits per heavy atom. The molecule has 15 heteroatoms. The zero-order chi connectivity index (χ0) is 28.1. The Balaban J connectivity index is 0.00000294. The third-order valence-electron chi connectivity index (χ3n) is 5.32. The molecule has 2 unspecified atom stereocenters. The Kier molecular flexibility index (Phi) is 13.0. The number of aliphatic hydroxyl groups excluding tert-OH is 2. The number of carboxylic acids is 2. The normalized spacial score (nSPS) is 12.1. The van der Waals surface area contributed by atoms with Gasteiger partial charge >= 0.3 is 59.1 Å². The van der Waals surface area contributed by atoms with Crippen molar-refractivity contribution < 1.29 is 112 Å². The molecule has 0 radical (unpaired) electrons. The zero-order valence-corrected chi connectivity index (χ0v) is 26.0. The summed E-state index contributed by atoms with van der Waals surface area (Å²) in [6.45, 7) is -1.11. The molecule has 2 aromatic carbocycles. The standard InChI is InChI=1S/C26H22O13.2Na/c27-13(11-36-17-3-1-5-19-23(17)15(29)7-21(38-19)25(31)32)9-35-10-14(28)12-37-18-4-2-6-20-24(18)16(30)8-22(39-20)26(33)34;;/h1-8,13-14,27-28H,9-12H2,(H,31,32)(H,33,34);;/q;2*+1/p-2. The molecule has 4 rings (SSSR count). The third kappa shape index (κ3) is 8.64. The Bertz CT molecular complexity index is 1530. The largest absolute Gasteiger partial charge is 1.00 e. The first kappa shape index (κ1) is 34.5. The summed E-state index contributed by atoms with van der Waals surface area (Å²) in [6, 6.07) is 10.1. The van der Waals surface area contributed by atoms with E-state index in [1.54, 1.807) is 0 Å². The maximum Gasteiger partial charge on any atom is 1.00 e. The van der Waals surface area contributed by atoms with Crippen LogP contribution < -0.4 is 89.7 Å². The van der Waals surface area contributed by atoms with Crippen LogP contribution in [-0.4, -0.2) is 60.8 Å². The average molecular weight is 586 g/mol. The second-order valence-corrected chi connectivity index (χ2v) is 8.25. The summed E-state index contributed by atoms with van der Waals surface area (Å²) in [5.41, 5.74) is -1.39. The molecule has 0 saturated heterocycles. The summed E-state index contributed by atoms with van der Waals surface area (Å²) in [7, 11) is 0.